The highest BCUT2D eigenvalue weighted by Gasteiger charge is 2.18. The molecule has 0 aliphatic heterocycles. The van der Waals surface area contributed by atoms with Gasteiger partial charge in [-0.1, -0.05) is 151 Å². The standard InChI is InChI=1S/C44H28O/c1-3-13-29(14-4-1)31-25-26-35-40-24-12-23-34(44(40)45-41(35)28-31)32-17-11-18-33(27-32)43-38-21-9-7-19-36(38)42(30-15-5-2-6-16-30)37-20-8-10-22-39(37)43/h1-28H/i1D,2D,3D,4D,5D,6D,7D,8D,9D,10D,11D,12D,13D,14D,15D,16D,17D,18D,19D,20D,21D,22D,23D,24D,25D,26D,27D,28D. The molecule has 0 saturated carbocycles. The van der Waals surface area contributed by atoms with Gasteiger partial charge in [-0.2, -0.15) is 0 Å². The average Bonchev–Trinajstić information content (AvgIpc) is 3.76. The van der Waals surface area contributed by atoms with E-state index in [1.807, 2.05) is 0 Å². The van der Waals surface area contributed by atoms with Crippen LogP contribution in [0.5, 0.6) is 0 Å². The molecule has 0 fully saturated rings. The Labute approximate surface area is 301 Å². The lowest BCUT2D eigenvalue weighted by atomic mass is 9.85. The molecule has 0 radical (unpaired) electrons. The molecule has 0 amide bonds. The van der Waals surface area contributed by atoms with Crippen LogP contribution in [-0.2, 0) is 0 Å². The molecular formula is C44H28O. The lowest BCUT2D eigenvalue weighted by Crippen LogP contribution is -1.91. The fourth-order valence-electron chi connectivity index (χ4n) is 5.19. The topological polar surface area (TPSA) is 13.1 Å². The summed E-state index contributed by atoms with van der Waals surface area (Å²) in [5, 5.41) is -4.04. The first-order valence-electron chi connectivity index (χ1n) is 27.2. The number of benzene rings is 8. The van der Waals surface area contributed by atoms with Crippen molar-refractivity contribution in [3.63, 3.8) is 0 Å². The minimum Gasteiger partial charge on any atom is -0.455 e. The van der Waals surface area contributed by atoms with Gasteiger partial charge >= 0.3 is 0 Å². The maximum atomic E-state index is 9.89. The smallest absolute Gasteiger partial charge is 0.143 e. The summed E-state index contributed by atoms with van der Waals surface area (Å²) in [6, 6.07) is -26.5. The zero-order chi connectivity index (χ0) is 54.1. The van der Waals surface area contributed by atoms with Crippen molar-refractivity contribution in [3.05, 3.63) is 169 Å². The van der Waals surface area contributed by atoms with Gasteiger partial charge in [-0.05, 0) is 78.6 Å². The van der Waals surface area contributed by atoms with E-state index in [0.717, 1.165) is 0 Å². The predicted octanol–water partition coefficient (Wildman–Crippen LogP) is 12.6. The lowest BCUT2D eigenvalue weighted by molar-refractivity contribution is 0.670. The fourth-order valence-corrected chi connectivity index (χ4v) is 5.19. The first-order chi connectivity index (χ1) is 34.0. The van der Waals surface area contributed by atoms with Crippen LogP contribution in [0.2, 0.25) is 0 Å². The Morgan fingerprint density at radius 1 is 0.333 bits per heavy atom. The summed E-state index contributed by atoms with van der Waals surface area (Å²) in [4.78, 5) is 0. The third-order valence-electron chi connectivity index (χ3n) is 7.06. The van der Waals surface area contributed by atoms with Crippen molar-refractivity contribution in [1.82, 2.24) is 0 Å². The van der Waals surface area contributed by atoms with Gasteiger partial charge in [-0.15, -0.1) is 0 Å². The van der Waals surface area contributed by atoms with Gasteiger partial charge in [0.05, 0.1) is 38.4 Å². The summed E-state index contributed by atoms with van der Waals surface area (Å²) in [5.41, 5.74) is -7.53. The van der Waals surface area contributed by atoms with Crippen molar-refractivity contribution < 1.29 is 42.8 Å². The van der Waals surface area contributed by atoms with Crippen LogP contribution >= 0.6 is 0 Å². The van der Waals surface area contributed by atoms with Gasteiger partial charge in [0.25, 0.3) is 0 Å². The molecule has 0 atom stereocenters. The van der Waals surface area contributed by atoms with E-state index in [-0.39, 0.29) is 0 Å². The van der Waals surface area contributed by atoms with Crippen LogP contribution < -0.4 is 0 Å². The number of hydrogen-bond donors (Lipinski definition) is 0. The molecule has 0 unspecified atom stereocenters. The Bertz CT molecular complexity index is 3980. The zero-order valence-electron chi connectivity index (χ0n) is 50.4. The van der Waals surface area contributed by atoms with Crippen molar-refractivity contribution in [2.24, 2.45) is 0 Å². The highest BCUT2D eigenvalue weighted by molar-refractivity contribution is 6.21. The molecule has 0 saturated heterocycles. The number of rotatable bonds is 4. The van der Waals surface area contributed by atoms with Gasteiger partial charge < -0.3 is 4.42 Å². The second-order valence-corrected chi connectivity index (χ2v) is 9.51. The summed E-state index contributed by atoms with van der Waals surface area (Å²) in [7, 11) is 0. The largest absolute Gasteiger partial charge is 0.455 e. The summed E-state index contributed by atoms with van der Waals surface area (Å²) < 4.78 is 255. The SMILES string of the molecule is [2H]c1c([2H])c([2H])c(-c2c([2H])c([2H])c3c(oc4c(-c5c([2H])c([2H])c([2H])c(-c6c7c([2H])c([2H])c([2H])c([2H])c7c(-c7c([2H])c([2H])c([2H])c([2H])c7[2H])c7c([2H])c([2H])c([2H])c([2H])c67)c5[2H])c([2H])c([2H])c([2H])c43)c2[2H])c([2H])c1[2H]. The van der Waals surface area contributed by atoms with E-state index < -0.39 is 257 Å². The molecule has 1 heteroatoms. The van der Waals surface area contributed by atoms with Crippen molar-refractivity contribution in [1.29, 1.82) is 0 Å². The highest BCUT2D eigenvalue weighted by atomic mass is 16.3. The fraction of sp³-hybridized carbons (Fsp3) is 0. The van der Waals surface area contributed by atoms with Gasteiger partial charge in [0.2, 0.25) is 0 Å². The molecule has 0 bridgehead atoms. The Morgan fingerprint density at radius 2 is 0.844 bits per heavy atom. The molecule has 0 spiro atoms. The van der Waals surface area contributed by atoms with Crippen molar-refractivity contribution >= 4 is 43.5 Å². The van der Waals surface area contributed by atoms with E-state index in [0.29, 0.717) is 0 Å². The van der Waals surface area contributed by atoms with E-state index in [9.17, 15) is 12.3 Å². The van der Waals surface area contributed by atoms with Crippen LogP contribution in [-0.4, -0.2) is 0 Å². The van der Waals surface area contributed by atoms with E-state index in [2.05, 4.69) is 0 Å². The second-order valence-electron chi connectivity index (χ2n) is 9.51. The van der Waals surface area contributed by atoms with E-state index in [4.69, 9.17) is 30.5 Å². The van der Waals surface area contributed by atoms with Crippen LogP contribution in [0.1, 0.15) is 38.4 Å². The summed E-state index contributed by atoms with van der Waals surface area (Å²) in [6.07, 6.45) is 0. The van der Waals surface area contributed by atoms with Crippen molar-refractivity contribution in [2.45, 2.75) is 0 Å². The summed E-state index contributed by atoms with van der Waals surface area (Å²) in [5.74, 6) is 0. The maximum absolute atomic E-state index is 9.89. The number of furan rings is 1. The molecule has 45 heavy (non-hydrogen) atoms. The van der Waals surface area contributed by atoms with Crippen LogP contribution in [0, 0.1) is 0 Å². The molecule has 1 heterocycles. The molecule has 9 aromatic rings. The highest BCUT2D eigenvalue weighted by Crippen LogP contribution is 2.45. The molecule has 0 aliphatic carbocycles. The van der Waals surface area contributed by atoms with Crippen LogP contribution in [0.4, 0.5) is 0 Å². The van der Waals surface area contributed by atoms with Crippen LogP contribution in [0.3, 0.4) is 0 Å². The lowest BCUT2D eigenvalue weighted by Gasteiger charge is -2.18. The minimum absolute atomic E-state index is 0.533. The Kier molecular flexibility index (Phi) is 2.32. The maximum Gasteiger partial charge on any atom is 0.143 e. The minimum atomic E-state index is -1.09. The molecule has 8 aromatic carbocycles. The van der Waals surface area contributed by atoms with Crippen molar-refractivity contribution in [3.8, 4) is 44.5 Å². The third kappa shape index (κ3) is 4.17. The first kappa shape index (κ1) is 10.1. The van der Waals surface area contributed by atoms with E-state index in [1.54, 1.807) is 0 Å². The summed E-state index contributed by atoms with van der Waals surface area (Å²) in [6.45, 7) is 0. The van der Waals surface area contributed by atoms with Crippen LogP contribution in [0.15, 0.2) is 174 Å². The Morgan fingerprint density at radius 3 is 1.51 bits per heavy atom. The summed E-state index contributed by atoms with van der Waals surface area (Å²) >= 11 is 0. The molecular weight excluding hydrogens is 544 g/mol. The van der Waals surface area contributed by atoms with Gasteiger partial charge in [-0.3, -0.25) is 0 Å². The molecule has 210 valence electrons. The van der Waals surface area contributed by atoms with Gasteiger partial charge in [0, 0.05) is 16.3 Å². The average molecular weight is 601 g/mol. The molecule has 0 aliphatic rings. The third-order valence-corrected chi connectivity index (χ3v) is 7.06. The van der Waals surface area contributed by atoms with Crippen LogP contribution in [0.25, 0.3) is 88.0 Å². The van der Waals surface area contributed by atoms with Gasteiger partial charge in [0.15, 0.2) is 0 Å². The van der Waals surface area contributed by atoms with Crippen molar-refractivity contribution in [2.75, 3.05) is 0 Å². The Hall–Kier alpha value is -5.92. The number of para-hydroxylation sites is 1. The Balaban J connectivity index is 1.54. The molecule has 1 aromatic heterocycles. The monoisotopic (exact) mass is 600 g/mol. The second kappa shape index (κ2) is 10.4. The first-order valence-corrected chi connectivity index (χ1v) is 13.2. The molecule has 0 N–H and O–H groups in total. The number of fused-ring (bicyclic) bond motifs is 5. The normalized spacial score (nSPS) is 20.3. The van der Waals surface area contributed by atoms with Gasteiger partial charge in [-0.25, -0.2) is 0 Å². The van der Waals surface area contributed by atoms with Gasteiger partial charge in [0.1, 0.15) is 11.2 Å². The predicted molar refractivity (Wildman–Crippen MR) is 190 cm³/mol. The molecule has 9 rings (SSSR count). The molecule has 1 nitrogen and oxygen atoms in total. The zero-order valence-corrected chi connectivity index (χ0v) is 22.4. The number of hydrogen-bond acceptors (Lipinski definition) is 1. The van der Waals surface area contributed by atoms with E-state index >= 15 is 0 Å². The quantitative estimate of drug-likeness (QED) is 0.183. The van der Waals surface area contributed by atoms with E-state index in [1.165, 1.54) is 0 Å².